The van der Waals surface area contributed by atoms with Crippen LogP contribution in [0.3, 0.4) is 0 Å². The third-order valence-electron chi connectivity index (χ3n) is 6.36. The predicted octanol–water partition coefficient (Wildman–Crippen LogP) is 3.09. The molecule has 1 aromatic heterocycles. The number of hydrogen-bond acceptors (Lipinski definition) is 8. The maximum absolute atomic E-state index is 8.63. The van der Waals surface area contributed by atoms with Crippen LogP contribution >= 0.6 is 0 Å². The van der Waals surface area contributed by atoms with Crippen molar-refractivity contribution >= 4 is 33.2 Å². The largest absolute Gasteiger partial charge is 0.212 e. The topological polar surface area (TPSA) is 194 Å². The number of para-hydroxylation sites is 1. The molecule has 1 heterocycles. The van der Waals surface area contributed by atoms with Crippen LogP contribution in [0, 0.1) is 90.6 Å². The lowest BCUT2D eigenvalue weighted by molar-refractivity contribution is -0.671. The molecule has 0 unspecified atom stereocenters. The maximum Gasteiger partial charge on any atom is 0.212 e. The van der Waals surface area contributed by atoms with E-state index in [1.54, 1.807) is 48.6 Å². The molecule has 3 aromatic carbocycles. The fourth-order valence-electron chi connectivity index (χ4n) is 3.97. The van der Waals surface area contributed by atoms with Gasteiger partial charge in [-0.05, 0) is 12.1 Å². The van der Waals surface area contributed by atoms with Gasteiger partial charge in [-0.3, -0.25) is 0 Å². The number of fused-ring (bicyclic) bond motifs is 1. The summed E-state index contributed by atoms with van der Waals surface area (Å²) in [5.74, 6) is 0. The monoisotopic (exact) mass is 594 g/mol. The molecular formula is C37H24N9+. The van der Waals surface area contributed by atoms with Gasteiger partial charge < -0.3 is 0 Å². The molecule has 0 amide bonds. The molecule has 0 radical (unpaired) electrons. The van der Waals surface area contributed by atoms with Gasteiger partial charge in [0.15, 0.2) is 6.20 Å². The minimum absolute atomic E-state index is 0.00187. The van der Waals surface area contributed by atoms with Gasteiger partial charge in [0.05, 0.1) is 0 Å². The molecule has 0 saturated heterocycles. The zero-order valence-corrected chi connectivity index (χ0v) is 24.8. The standard InChI is InChI=1S/C13H16N.2C12H4N4/c1-2-3-10-14-11-6-8-12-7-4-5-9-13(12)14;2*13-5-11(6-14)9-1-2-10(4-3-9)12(7-15)8-16/h4-9,11H,2-3,10H2,1H3;2*1-4H/q+1;;. The molecule has 0 bridgehead atoms. The van der Waals surface area contributed by atoms with E-state index in [1.165, 1.54) is 72.3 Å². The predicted molar refractivity (Wildman–Crippen MR) is 169 cm³/mol. The lowest BCUT2D eigenvalue weighted by Crippen LogP contribution is -2.33. The summed E-state index contributed by atoms with van der Waals surface area (Å²) in [6.45, 7) is 3.35. The summed E-state index contributed by atoms with van der Waals surface area (Å²) in [5.41, 5.74) is 1.34. The summed E-state index contributed by atoms with van der Waals surface area (Å²) in [7, 11) is 0. The van der Waals surface area contributed by atoms with Gasteiger partial charge in [0.2, 0.25) is 5.52 Å². The first-order valence-electron chi connectivity index (χ1n) is 13.7. The number of aryl methyl sites for hydroxylation is 1. The first-order chi connectivity index (χ1) is 22.4. The quantitative estimate of drug-likeness (QED) is 0.323. The van der Waals surface area contributed by atoms with E-state index in [-0.39, 0.29) is 22.3 Å². The highest BCUT2D eigenvalue weighted by atomic mass is 14.9. The van der Waals surface area contributed by atoms with Gasteiger partial charge in [-0.2, -0.15) is 46.7 Å². The number of pyridine rings is 1. The van der Waals surface area contributed by atoms with Gasteiger partial charge in [0.1, 0.15) is 77.4 Å². The summed E-state index contributed by atoms with van der Waals surface area (Å²) in [6, 6.07) is 39.2. The molecule has 0 aliphatic rings. The van der Waals surface area contributed by atoms with E-state index in [1.807, 2.05) is 0 Å². The molecule has 9 heteroatoms. The Morgan fingerprint density at radius 1 is 0.478 bits per heavy atom. The van der Waals surface area contributed by atoms with Gasteiger partial charge in [-0.1, -0.05) is 74.0 Å². The molecule has 216 valence electrons. The molecule has 0 aliphatic heterocycles. The van der Waals surface area contributed by atoms with E-state index >= 15 is 0 Å². The van der Waals surface area contributed by atoms with Crippen LogP contribution in [0.1, 0.15) is 19.8 Å². The van der Waals surface area contributed by atoms with Crippen LogP contribution < -0.4 is 25.4 Å². The zero-order valence-electron chi connectivity index (χ0n) is 24.8. The molecule has 9 nitrogen and oxygen atoms in total. The van der Waals surface area contributed by atoms with Crippen LogP contribution in [0.5, 0.6) is 0 Å². The van der Waals surface area contributed by atoms with Crippen LogP contribution in [0.15, 0.2) is 91.1 Å². The van der Waals surface area contributed by atoms with Crippen molar-refractivity contribution < 1.29 is 4.57 Å². The molecular weight excluding hydrogens is 570 g/mol. The van der Waals surface area contributed by atoms with Gasteiger partial charge in [0, 0.05) is 44.8 Å². The number of rotatable bonds is 3. The van der Waals surface area contributed by atoms with E-state index < -0.39 is 0 Å². The summed E-state index contributed by atoms with van der Waals surface area (Å²) in [6.07, 6.45) is 4.66. The molecule has 0 atom stereocenters. The fraction of sp³-hybridized carbons (Fsp3) is 0.108. The van der Waals surface area contributed by atoms with Gasteiger partial charge in [0.25, 0.3) is 0 Å². The summed E-state index contributed by atoms with van der Waals surface area (Å²) in [4.78, 5) is 0. The van der Waals surface area contributed by atoms with Crippen molar-refractivity contribution in [3.8, 4) is 48.6 Å². The van der Waals surface area contributed by atoms with E-state index in [2.05, 4.69) is 54.1 Å². The van der Waals surface area contributed by atoms with E-state index in [4.69, 9.17) is 42.1 Å². The summed E-state index contributed by atoms with van der Waals surface area (Å²) in [5, 5.41) is 72.3. The average molecular weight is 595 g/mol. The van der Waals surface area contributed by atoms with Gasteiger partial charge in [-0.15, -0.1) is 0 Å². The average Bonchev–Trinajstić information content (AvgIpc) is 3.11. The van der Waals surface area contributed by atoms with Crippen LogP contribution in [-0.4, -0.2) is 0 Å². The third kappa shape index (κ3) is 9.51. The molecule has 46 heavy (non-hydrogen) atoms. The Labute approximate surface area is 266 Å². The van der Waals surface area contributed by atoms with Crippen LogP contribution in [0.2, 0.25) is 0 Å². The van der Waals surface area contributed by atoms with Crippen molar-refractivity contribution in [2.24, 2.45) is 0 Å². The van der Waals surface area contributed by atoms with Crippen LogP contribution in [0.4, 0.5) is 0 Å². The smallest absolute Gasteiger partial charge is 0.198 e. The molecule has 4 aromatic rings. The van der Waals surface area contributed by atoms with Crippen molar-refractivity contribution in [3.63, 3.8) is 0 Å². The molecule has 0 saturated carbocycles. The molecule has 0 aliphatic carbocycles. The first-order valence-corrected chi connectivity index (χ1v) is 13.7. The second-order valence-corrected chi connectivity index (χ2v) is 9.16. The van der Waals surface area contributed by atoms with Crippen molar-refractivity contribution in [3.05, 3.63) is 112 Å². The summed E-state index contributed by atoms with van der Waals surface area (Å²) < 4.78 is 2.33. The minimum atomic E-state index is 0.00187. The van der Waals surface area contributed by atoms with Gasteiger partial charge in [-0.25, -0.2) is 0 Å². The number of unbranched alkanes of at least 4 members (excludes halogenated alkanes) is 1. The highest BCUT2D eigenvalue weighted by Crippen LogP contribution is 2.08. The number of hydrogen-bond donors (Lipinski definition) is 0. The Morgan fingerprint density at radius 2 is 0.804 bits per heavy atom. The lowest BCUT2D eigenvalue weighted by Gasteiger charge is -1.99. The Hall–Kier alpha value is -7.53. The number of nitrogens with zero attached hydrogens (tertiary/aromatic N) is 9. The van der Waals surface area contributed by atoms with Crippen LogP contribution in [-0.2, 0) is 6.54 Å². The molecule has 0 fully saturated rings. The van der Waals surface area contributed by atoms with E-state index in [9.17, 15) is 0 Å². The number of benzene rings is 3. The van der Waals surface area contributed by atoms with Crippen molar-refractivity contribution in [1.29, 1.82) is 42.1 Å². The van der Waals surface area contributed by atoms with Crippen molar-refractivity contribution in [1.82, 2.24) is 0 Å². The van der Waals surface area contributed by atoms with E-state index in [0.29, 0.717) is 20.9 Å². The van der Waals surface area contributed by atoms with E-state index in [0.717, 1.165) is 6.54 Å². The Kier molecular flexibility index (Phi) is 14.2. The fourth-order valence-corrected chi connectivity index (χ4v) is 3.97. The normalized spacial score (nSPS) is 8.63. The lowest BCUT2D eigenvalue weighted by atomic mass is 10.1. The maximum atomic E-state index is 8.63. The second-order valence-electron chi connectivity index (χ2n) is 9.16. The second kappa shape index (κ2) is 18.8. The SMILES string of the molecule is CCCC[n+]1cccc2ccccc21.N#CC(C#N)=c1ccc(=C(C#N)C#N)cc1.N#CC(C#N)=c1ccc(=C(C#N)C#N)cc1. The van der Waals surface area contributed by atoms with Crippen LogP contribution in [0.25, 0.3) is 33.2 Å². The zero-order chi connectivity index (χ0) is 33.7. The van der Waals surface area contributed by atoms with Crippen molar-refractivity contribution in [2.75, 3.05) is 0 Å². The Bertz CT molecular complexity index is 1980. The highest BCUT2D eigenvalue weighted by molar-refractivity contribution is 5.76. The third-order valence-corrected chi connectivity index (χ3v) is 6.36. The van der Waals surface area contributed by atoms with Crippen molar-refractivity contribution in [2.45, 2.75) is 26.3 Å². The Morgan fingerprint density at radius 3 is 1.13 bits per heavy atom. The van der Waals surface area contributed by atoms with Gasteiger partial charge >= 0.3 is 0 Å². The molecule has 0 spiro atoms. The minimum Gasteiger partial charge on any atom is -0.198 e. The molecule has 4 rings (SSSR count). The first kappa shape index (κ1) is 34.7. The number of aromatic nitrogens is 1. The Balaban J connectivity index is 0.000000241. The number of nitriles is 8. The molecule has 0 N–H and O–H groups in total. The summed E-state index contributed by atoms with van der Waals surface area (Å²) >= 11 is 0. The highest BCUT2D eigenvalue weighted by Gasteiger charge is 2.05.